The third-order valence-electron chi connectivity index (χ3n) is 2.53. The van der Waals surface area contributed by atoms with E-state index in [4.69, 9.17) is 10.5 Å². The van der Waals surface area contributed by atoms with Crippen molar-refractivity contribution in [1.82, 2.24) is 10.2 Å². The van der Waals surface area contributed by atoms with E-state index in [0.717, 1.165) is 0 Å². The summed E-state index contributed by atoms with van der Waals surface area (Å²) < 4.78 is 5.24. The molecule has 0 saturated heterocycles. The van der Waals surface area contributed by atoms with Crippen LogP contribution in [-0.4, -0.2) is 50.5 Å². The molecule has 0 atom stereocenters. The molecule has 3 N–H and O–H groups in total. The van der Waals surface area contributed by atoms with Crippen LogP contribution in [0.2, 0.25) is 0 Å². The van der Waals surface area contributed by atoms with Gasteiger partial charge < -0.3 is 20.7 Å². The van der Waals surface area contributed by atoms with Crippen LogP contribution >= 0.6 is 0 Å². The molecule has 0 aliphatic carbocycles. The second-order valence-corrected chi connectivity index (χ2v) is 4.08. The summed E-state index contributed by atoms with van der Waals surface area (Å²) in [6.45, 7) is 1.04. The number of amides is 2. The van der Waals surface area contributed by atoms with Crippen LogP contribution in [0.4, 0.5) is 0 Å². The van der Waals surface area contributed by atoms with Gasteiger partial charge in [-0.1, -0.05) is 12.1 Å². The van der Waals surface area contributed by atoms with Crippen LogP contribution in [0.25, 0.3) is 0 Å². The molecular formula is C13H19N3O3. The van der Waals surface area contributed by atoms with Crippen molar-refractivity contribution in [3.05, 3.63) is 29.8 Å². The summed E-state index contributed by atoms with van der Waals surface area (Å²) in [7, 11) is 3.53. The van der Waals surface area contributed by atoms with Gasteiger partial charge in [0.2, 0.25) is 0 Å². The predicted octanol–water partition coefficient (Wildman–Crippen LogP) is -0.158. The molecule has 0 radical (unpaired) electrons. The highest BCUT2D eigenvalue weighted by Crippen LogP contribution is 2.19. The number of likely N-dealkylation sites (N-methyl/N-ethyl adjacent to an activating group) is 2. The van der Waals surface area contributed by atoms with Gasteiger partial charge in [-0.25, -0.2) is 0 Å². The number of ether oxygens (including phenoxy) is 1. The first-order valence-electron chi connectivity index (χ1n) is 5.96. The lowest BCUT2D eigenvalue weighted by atomic mass is 10.2. The van der Waals surface area contributed by atoms with E-state index >= 15 is 0 Å². The first-order valence-corrected chi connectivity index (χ1v) is 5.96. The van der Waals surface area contributed by atoms with Crippen LogP contribution in [0.15, 0.2) is 24.3 Å². The summed E-state index contributed by atoms with van der Waals surface area (Å²) in [6.07, 6.45) is 0. The van der Waals surface area contributed by atoms with Crippen molar-refractivity contribution in [2.45, 2.75) is 0 Å². The molecule has 19 heavy (non-hydrogen) atoms. The van der Waals surface area contributed by atoms with Crippen LogP contribution in [0.1, 0.15) is 10.4 Å². The summed E-state index contributed by atoms with van der Waals surface area (Å²) in [5.41, 5.74) is 5.44. The number of carbonyl (C=O) groups excluding carboxylic acids is 2. The van der Waals surface area contributed by atoms with E-state index in [-0.39, 0.29) is 12.5 Å². The van der Waals surface area contributed by atoms with E-state index in [1.54, 1.807) is 36.2 Å². The van der Waals surface area contributed by atoms with Gasteiger partial charge in [-0.2, -0.15) is 0 Å². The van der Waals surface area contributed by atoms with Crippen molar-refractivity contribution in [2.24, 2.45) is 5.73 Å². The number of nitrogens with two attached hydrogens (primary N) is 1. The van der Waals surface area contributed by atoms with Crippen LogP contribution in [-0.2, 0) is 4.79 Å². The van der Waals surface area contributed by atoms with E-state index in [2.05, 4.69) is 5.32 Å². The largest absolute Gasteiger partial charge is 0.483 e. The summed E-state index contributed by atoms with van der Waals surface area (Å²) in [5, 5.41) is 2.97. The van der Waals surface area contributed by atoms with Crippen LogP contribution < -0.4 is 15.8 Å². The van der Waals surface area contributed by atoms with Gasteiger partial charge in [-0.05, 0) is 19.2 Å². The van der Waals surface area contributed by atoms with Gasteiger partial charge in [-0.15, -0.1) is 0 Å². The normalized spacial score (nSPS) is 10.0. The number of para-hydroxylation sites is 1. The highest BCUT2D eigenvalue weighted by molar-refractivity contribution is 5.96. The summed E-state index contributed by atoms with van der Waals surface area (Å²) in [4.78, 5) is 24.5. The molecule has 0 fully saturated rings. The Bertz CT molecular complexity index is 449. The molecular weight excluding hydrogens is 246 g/mol. The smallest absolute Gasteiger partial charge is 0.257 e. The molecule has 0 bridgehead atoms. The number of rotatable bonds is 7. The fourth-order valence-electron chi connectivity index (χ4n) is 1.50. The Morgan fingerprint density at radius 3 is 2.68 bits per heavy atom. The molecule has 1 aromatic carbocycles. The summed E-state index contributed by atoms with van der Waals surface area (Å²) >= 11 is 0. The molecule has 1 aromatic rings. The molecule has 0 aliphatic rings. The second-order valence-electron chi connectivity index (χ2n) is 4.08. The first-order chi connectivity index (χ1) is 9.06. The second kappa shape index (κ2) is 7.38. The maximum Gasteiger partial charge on any atom is 0.257 e. The number of nitrogens with one attached hydrogen (secondary N) is 1. The lowest BCUT2D eigenvalue weighted by Gasteiger charge is -2.18. The molecule has 0 aromatic heterocycles. The lowest BCUT2D eigenvalue weighted by molar-refractivity contribution is -0.119. The molecule has 6 nitrogen and oxygen atoms in total. The molecule has 0 aliphatic heterocycles. The van der Waals surface area contributed by atoms with Crippen molar-refractivity contribution in [3.63, 3.8) is 0 Å². The topological polar surface area (TPSA) is 84.7 Å². The Kier molecular flexibility index (Phi) is 5.81. The lowest BCUT2D eigenvalue weighted by Crippen LogP contribution is -2.33. The fourth-order valence-corrected chi connectivity index (χ4v) is 1.50. The van der Waals surface area contributed by atoms with Crippen molar-refractivity contribution < 1.29 is 14.3 Å². The number of nitrogens with zero attached hydrogens (tertiary/aromatic N) is 1. The van der Waals surface area contributed by atoms with E-state index in [1.165, 1.54) is 0 Å². The minimum absolute atomic E-state index is 0.157. The van der Waals surface area contributed by atoms with E-state index in [1.807, 2.05) is 7.05 Å². The Hall–Kier alpha value is -2.08. The molecule has 104 valence electrons. The molecule has 1 rings (SSSR count). The monoisotopic (exact) mass is 265 g/mol. The number of hydrogen-bond donors (Lipinski definition) is 2. The highest BCUT2D eigenvalue weighted by atomic mass is 16.5. The predicted molar refractivity (Wildman–Crippen MR) is 72.0 cm³/mol. The molecule has 0 heterocycles. The maximum absolute atomic E-state index is 12.2. The van der Waals surface area contributed by atoms with Crippen molar-refractivity contribution in [2.75, 3.05) is 33.8 Å². The van der Waals surface area contributed by atoms with Crippen molar-refractivity contribution in [3.8, 4) is 5.75 Å². The highest BCUT2D eigenvalue weighted by Gasteiger charge is 2.16. The van der Waals surface area contributed by atoms with E-state index in [0.29, 0.717) is 24.4 Å². The zero-order chi connectivity index (χ0) is 14.3. The molecule has 0 spiro atoms. The van der Waals surface area contributed by atoms with Crippen LogP contribution in [0.3, 0.4) is 0 Å². The molecule has 6 heteroatoms. The standard InChI is InChI=1S/C13H19N3O3/c1-15-7-8-16(2)13(18)10-5-3-4-6-11(10)19-9-12(14)17/h3-6,15H,7-9H2,1-2H3,(H2,14,17). The van der Waals surface area contributed by atoms with Gasteiger partial charge in [0, 0.05) is 20.1 Å². The van der Waals surface area contributed by atoms with E-state index < -0.39 is 5.91 Å². The molecule has 0 saturated carbocycles. The number of hydrogen-bond acceptors (Lipinski definition) is 4. The van der Waals surface area contributed by atoms with Gasteiger partial charge in [-0.3, -0.25) is 9.59 Å². The maximum atomic E-state index is 12.2. The zero-order valence-electron chi connectivity index (χ0n) is 11.2. The first kappa shape index (κ1) is 15.0. The minimum Gasteiger partial charge on any atom is -0.483 e. The average molecular weight is 265 g/mol. The van der Waals surface area contributed by atoms with Gasteiger partial charge in [0.25, 0.3) is 11.8 Å². The van der Waals surface area contributed by atoms with Crippen molar-refractivity contribution >= 4 is 11.8 Å². The SMILES string of the molecule is CNCCN(C)C(=O)c1ccccc1OCC(N)=O. The fraction of sp³-hybridized carbons (Fsp3) is 0.385. The van der Waals surface area contributed by atoms with Gasteiger partial charge in [0.1, 0.15) is 5.75 Å². The quantitative estimate of drug-likeness (QED) is 0.717. The Labute approximate surface area is 112 Å². The van der Waals surface area contributed by atoms with Crippen molar-refractivity contribution in [1.29, 1.82) is 0 Å². The average Bonchev–Trinajstić information content (AvgIpc) is 2.42. The minimum atomic E-state index is -0.578. The number of primary amides is 1. The van der Waals surface area contributed by atoms with Gasteiger partial charge >= 0.3 is 0 Å². The van der Waals surface area contributed by atoms with E-state index in [9.17, 15) is 9.59 Å². The Morgan fingerprint density at radius 2 is 2.05 bits per heavy atom. The number of carbonyl (C=O) groups is 2. The third kappa shape index (κ3) is 4.59. The molecule has 2 amide bonds. The zero-order valence-corrected chi connectivity index (χ0v) is 11.2. The number of benzene rings is 1. The van der Waals surface area contributed by atoms with Crippen LogP contribution in [0, 0.1) is 0 Å². The summed E-state index contributed by atoms with van der Waals surface area (Å²) in [5.74, 6) is -0.372. The Balaban J connectivity index is 2.80. The third-order valence-corrected chi connectivity index (χ3v) is 2.53. The summed E-state index contributed by atoms with van der Waals surface area (Å²) in [6, 6.07) is 6.79. The van der Waals surface area contributed by atoms with Crippen LogP contribution in [0.5, 0.6) is 5.75 Å². The van der Waals surface area contributed by atoms with Gasteiger partial charge in [0.15, 0.2) is 6.61 Å². The Morgan fingerprint density at radius 1 is 1.37 bits per heavy atom. The van der Waals surface area contributed by atoms with Gasteiger partial charge in [0.05, 0.1) is 5.56 Å². The molecule has 0 unspecified atom stereocenters.